The predicted molar refractivity (Wildman–Crippen MR) is 52.7 cm³/mol. The Morgan fingerprint density at radius 3 is 2.44 bits per heavy atom. The van der Waals surface area contributed by atoms with Crippen molar-refractivity contribution in [2.24, 2.45) is 0 Å². The quantitative estimate of drug-likeness (QED) is 0.704. The minimum absolute atomic E-state index is 0.107. The van der Waals surface area contributed by atoms with Gasteiger partial charge in [-0.25, -0.2) is 13.2 Å². The minimum Gasteiger partial charge on any atom is -0.487 e. The zero-order valence-electron chi connectivity index (χ0n) is 8.73. The third kappa shape index (κ3) is 2.49. The molecule has 1 aromatic carbocycles. The molecule has 1 saturated carbocycles. The number of hydrogen-bond donors (Lipinski definition) is 0. The Kier molecular flexibility index (Phi) is 3.36. The van der Waals surface area contributed by atoms with E-state index >= 15 is 0 Å². The Morgan fingerprint density at radius 1 is 1.06 bits per heavy atom. The monoisotopic (exact) mass is 229 g/mol. The second kappa shape index (κ2) is 4.76. The lowest BCUT2D eigenvalue weighted by molar-refractivity contribution is 0.147. The largest absolute Gasteiger partial charge is 0.487 e. The van der Waals surface area contributed by atoms with Crippen LogP contribution in [0.2, 0.25) is 0 Å². The average Bonchev–Trinajstić information content (AvgIpc) is 2.27. The molecule has 4 heteroatoms. The van der Waals surface area contributed by atoms with Crippen molar-refractivity contribution in [3.05, 3.63) is 29.6 Å². The summed E-state index contributed by atoms with van der Waals surface area (Å²) >= 11 is 0. The van der Waals surface area contributed by atoms with E-state index in [1.54, 1.807) is 0 Å². The second-order valence-corrected chi connectivity index (χ2v) is 3.99. The molecule has 1 aliphatic carbocycles. The van der Waals surface area contributed by atoms with E-state index in [0.29, 0.717) is 6.07 Å². The van der Waals surface area contributed by atoms with Crippen LogP contribution in [0, 0.1) is 23.5 Å². The summed E-state index contributed by atoms with van der Waals surface area (Å²) in [6, 6.07) is 2.44. The molecular weight excluding hydrogens is 217 g/mol. The molecule has 1 nitrogen and oxygen atoms in total. The van der Waals surface area contributed by atoms with Gasteiger partial charge in [0.25, 0.3) is 0 Å². The van der Waals surface area contributed by atoms with Gasteiger partial charge in [-0.3, -0.25) is 0 Å². The molecule has 0 heterocycles. The fourth-order valence-electron chi connectivity index (χ4n) is 1.89. The van der Waals surface area contributed by atoms with Crippen molar-refractivity contribution in [1.29, 1.82) is 0 Å². The van der Waals surface area contributed by atoms with Gasteiger partial charge in [0.15, 0.2) is 23.2 Å². The molecule has 87 valence electrons. The van der Waals surface area contributed by atoms with Crippen molar-refractivity contribution in [2.45, 2.75) is 38.2 Å². The van der Waals surface area contributed by atoms with Crippen LogP contribution >= 0.6 is 0 Å². The van der Waals surface area contributed by atoms with Gasteiger partial charge in [0.05, 0.1) is 12.2 Å². The van der Waals surface area contributed by atoms with Gasteiger partial charge in [0.2, 0.25) is 0 Å². The number of benzene rings is 1. The van der Waals surface area contributed by atoms with E-state index < -0.39 is 17.5 Å². The highest BCUT2D eigenvalue weighted by atomic mass is 19.2. The summed E-state index contributed by atoms with van der Waals surface area (Å²) in [6.07, 6.45) is 4.73. The van der Waals surface area contributed by atoms with Crippen LogP contribution in [0.15, 0.2) is 6.07 Å². The molecule has 1 fully saturated rings. The first-order valence-corrected chi connectivity index (χ1v) is 5.40. The first-order valence-electron chi connectivity index (χ1n) is 5.40. The normalized spacial score (nSPS) is 17.4. The summed E-state index contributed by atoms with van der Waals surface area (Å²) in [7, 11) is 0. The standard InChI is InChI=1S/C12H12F3O/c13-9-6-11(15)12(7-10(9)14)16-8-4-2-1-3-5-8/h6,8H,1-5H2. The Bertz CT molecular complexity index is 373. The van der Waals surface area contributed by atoms with Crippen LogP contribution in [0.4, 0.5) is 13.2 Å². The van der Waals surface area contributed by atoms with Crippen LogP contribution in [0.25, 0.3) is 0 Å². The molecule has 0 bridgehead atoms. The fraction of sp³-hybridized carbons (Fsp3) is 0.500. The zero-order valence-corrected chi connectivity index (χ0v) is 8.73. The van der Waals surface area contributed by atoms with Gasteiger partial charge in [0, 0.05) is 6.07 Å². The summed E-state index contributed by atoms with van der Waals surface area (Å²) in [5.74, 6) is -3.66. The third-order valence-electron chi connectivity index (χ3n) is 2.74. The highest BCUT2D eigenvalue weighted by Gasteiger charge is 2.18. The van der Waals surface area contributed by atoms with E-state index in [0.717, 1.165) is 32.1 Å². The average molecular weight is 229 g/mol. The zero-order chi connectivity index (χ0) is 11.5. The molecule has 2 rings (SSSR count). The van der Waals surface area contributed by atoms with Gasteiger partial charge in [-0.05, 0) is 25.7 Å². The Labute approximate surface area is 92.2 Å². The van der Waals surface area contributed by atoms with Gasteiger partial charge >= 0.3 is 0 Å². The molecule has 16 heavy (non-hydrogen) atoms. The predicted octanol–water partition coefficient (Wildman–Crippen LogP) is 3.62. The summed E-state index contributed by atoms with van der Waals surface area (Å²) in [4.78, 5) is 0. The van der Waals surface area contributed by atoms with Crippen molar-refractivity contribution in [3.63, 3.8) is 0 Å². The molecular formula is C12H12F3O. The maximum Gasteiger partial charge on any atom is 0.170 e. The Hall–Kier alpha value is -1.19. The second-order valence-electron chi connectivity index (χ2n) is 3.99. The molecule has 0 saturated heterocycles. The van der Waals surface area contributed by atoms with E-state index in [-0.39, 0.29) is 11.9 Å². The molecule has 1 aromatic rings. The summed E-state index contributed by atoms with van der Waals surface area (Å²) in [6.45, 7) is 0. The van der Waals surface area contributed by atoms with Gasteiger partial charge < -0.3 is 4.74 Å². The number of ether oxygens (including phenoxy) is 1. The van der Waals surface area contributed by atoms with E-state index in [1.807, 2.05) is 6.07 Å². The third-order valence-corrected chi connectivity index (χ3v) is 2.74. The van der Waals surface area contributed by atoms with E-state index in [2.05, 4.69) is 0 Å². The van der Waals surface area contributed by atoms with Gasteiger partial charge in [-0.15, -0.1) is 0 Å². The first-order chi connectivity index (χ1) is 7.66. The molecule has 0 spiro atoms. The van der Waals surface area contributed by atoms with E-state index in [4.69, 9.17) is 4.74 Å². The Morgan fingerprint density at radius 2 is 1.75 bits per heavy atom. The van der Waals surface area contributed by atoms with Crippen LogP contribution in [0.1, 0.15) is 32.1 Å². The number of rotatable bonds is 2. The summed E-state index contributed by atoms with van der Waals surface area (Å²) in [5, 5.41) is 0. The SMILES string of the molecule is Fc1[c]c(OC2CCCCC2)c(F)cc1F. The lowest BCUT2D eigenvalue weighted by Gasteiger charge is -2.23. The molecule has 0 unspecified atom stereocenters. The fourth-order valence-corrected chi connectivity index (χ4v) is 1.89. The minimum atomic E-state index is -1.24. The molecule has 0 amide bonds. The molecule has 1 radical (unpaired) electrons. The molecule has 0 aliphatic heterocycles. The van der Waals surface area contributed by atoms with Crippen LogP contribution in [0.3, 0.4) is 0 Å². The van der Waals surface area contributed by atoms with Crippen molar-refractivity contribution in [2.75, 3.05) is 0 Å². The molecule has 0 atom stereocenters. The van der Waals surface area contributed by atoms with Gasteiger partial charge in [0.1, 0.15) is 0 Å². The van der Waals surface area contributed by atoms with E-state index in [1.165, 1.54) is 0 Å². The lowest BCUT2D eigenvalue weighted by Crippen LogP contribution is -2.20. The van der Waals surface area contributed by atoms with Crippen LogP contribution in [-0.4, -0.2) is 6.10 Å². The molecule has 0 N–H and O–H groups in total. The lowest BCUT2D eigenvalue weighted by atomic mass is 9.98. The first kappa shape index (κ1) is 11.3. The summed E-state index contributed by atoms with van der Waals surface area (Å²) in [5.41, 5.74) is 0. The van der Waals surface area contributed by atoms with Crippen molar-refractivity contribution >= 4 is 0 Å². The van der Waals surface area contributed by atoms with Gasteiger partial charge in [-0.1, -0.05) is 6.42 Å². The van der Waals surface area contributed by atoms with Crippen molar-refractivity contribution < 1.29 is 17.9 Å². The van der Waals surface area contributed by atoms with Crippen LogP contribution < -0.4 is 4.74 Å². The number of hydrogen-bond acceptors (Lipinski definition) is 1. The highest BCUT2D eigenvalue weighted by molar-refractivity contribution is 5.24. The maximum atomic E-state index is 13.2. The number of halogens is 3. The van der Waals surface area contributed by atoms with Crippen molar-refractivity contribution in [3.8, 4) is 5.75 Å². The Balaban J connectivity index is 2.11. The van der Waals surface area contributed by atoms with Crippen molar-refractivity contribution in [1.82, 2.24) is 0 Å². The van der Waals surface area contributed by atoms with E-state index in [9.17, 15) is 13.2 Å². The maximum absolute atomic E-state index is 13.2. The smallest absolute Gasteiger partial charge is 0.170 e. The van der Waals surface area contributed by atoms with Gasteiger partial charge in [-0.2, -0.15) is 0 Å². The van der Waals surface area contributed by atoms with Crippen LogP contribution in [0.5, 0.6) is 5.75 Å². The molecule has 0 aromatic heterocycles. The summed E-state index contributed by atoms with van der Waals surface area (Å²) < 4.78 is 44.0. The van der Waals surface area contributed by atoms with Crippen LogP contribution in [-0.2, 0) is 0 Å². The highest BCUT2D eigenvalue weighted by Crippen LogP contribution is 2.26. The molecule has 1 aliphatic rings. The topological polar surface area (TPSA) is 9.23 Å².